The Bertz CT molecular complexity index is 949. The molecular weight excluding hydrogens is 342 g/mol. The van der Waals surface area contributed by atoms with E-state index in [4.69, 9.17) is 0 Å². The molecule has 3 aromatic rings. The molecule has 0 aliphatic carbocycles. The van der Waals surface area contributed by atoms with Gasteiger partial charge in [0, 0.05) is 35.1 Å². The molecular formula is C21H23N3OS. The monoisotopic (exact) mass is 365 g/mol. The minimum atomic E-state index is -0.0129. The number of hydrogen-bond donors (Lipinski definition) is 1. The van der Waals surface area contributed by atoms with Crippen LogP contribution in [0.2, 0.25) is 0 Å². The van der Waals surface area contributed by atoms with Crippen molar-refractivity contribution in [3.05, 3.63) is 53.0 Å². The molecule has 26 heavy (non-hydrogen) atoms. The van der Waals surface area contributed by atoms with Crippen molar-refractivity contribution in [1.82, 2.24) is 4.98 Å². The van der Waals surface area contributed by atoms with Gasteiger partial charge in [0.25, 0.3) is 0 Å². The van der Waals surface area contributed by atoms with Crippen LogP contribution in [0.4, 0.5) is 11.5 Å². The molecule has 1 fully saturated rings. The summed E-state index contributed by atoms with van der Waals surface area (Å²) in [6.45, 7) is 5.83. The molecule has 2 aromatic heterocycles. The SMILES string of the molecule is Cc1ccc(NC(=O)[C@H]2CCCN(c3nccc4sccc34)C2)cc1C. The molecule has 1 saturated heterocycles. The molecule has 1 aliphatic rings. The van der Waals surface area contributed by atoms with Crippen LogP contribution in [0.3, 0.4) is 0 Å². The number of hydrogen-bond acceptors (Lipinski definition) is 4. The molecule has 3 heterocycles. The number of aromatic nitrogens is 1. The van der Waals surface area contributed by atoms with Gasteiger partial charge in [-0.15, -0.1) is 11.3 Å². The lowest BCUT2D eigenvalue weighted by Gasteiger charge is -2.33. The summed E-state index contributed by atoms with van der Waals surface area (Å²) in [6.07, 6.45) is 3.80. The molecule has 0 spiro atoms. The van der Waals surface area contributed by atoms with E-state index in [0.29, 0.717) is 0 Å². The number of anilines is 2. The van der Waals surface area contributed by atoms with Crippen molar-refractivity contribution in [3.63, 3.8) is 0 Å². The number of nitrogens with zero attached hydrogens (tertiary/aromatic N) is 2. The van der Waals surface area contributed by atoms with E-state index in [2.05, 4.69) is 52.6 Å². The number of carbonyl (C=O) groups is 1. The van der Waals surface area contributed by atoms with Gasteiger partial charge in [-0.25, -0.2) is 4.98 Å². The highest BCUT2D eigenvalue weighted by molar-refractivity contribution is 7.17. The highest BCUT2D eigenvalue weighted by atomic mass is 32.1. The van der Waals surface area contributed by atoms with Crippen LogP contribution in [0.15, 0.2) is 41.9 Å². The summed E-state index contributed by atoms with van der Waals surface area (Å²) in [5, 5.41) is 6.39. The zero-order chi connectivity index (χ0) is 18.1. The topological polar surface area (TPSA) is 45.2 Å². The predicted molar refractivity (Wildman–Crippen MR) is 109 cm³/mol. The number of fused-ring (bicyclic) bond motifs is 1. The molecule has 0 saturated carbocycles. The first kappa shape index (κ1) is 17.0. The largest absolute Gasteiger partial charge is 0.355 e. The number of rotatable bonds is 3. The van der Waals surface area contributed by atoms with Gasteiger partial charge in [-0.2, -0.15) is 0 Å². The van der Waals surface area contributed by atoms with Crippen LogP contribution in [0.5, 0.6) is 0 Å². The molecule has 1 amide bonds. The van der Waals surface area contributed by atoms with Gasteiger partial charge in [0.15, 0.2) is 0 Å². The van der Waals surface area contributed by atoms with Crippen LogP contribution in [0.25, 0.3) is 10.1 Å². The van der Waals surface area contributed by atoms with E-state index in [-0.39, 0.29) is 11.8 Å². The smallest absolute Gasteiger partial charge is 0.229 e. The Balaban J connectivity index is 1.50. The van der Waals surface area contributed by atoms with Crippen LogP contribution < -0.4 is 10.2 Å². The minimum absolute atomic E-state index is 0.0129. The van der Waals surface area contributed by atoms with Crippen molar-refractivity contribution < 1.29 is 4.79 Å². The number of nitrogens with one attached hydrogen (secondary N) is 1. The Morgan fingerprint density at radius 3 is 2.96 bits per heavy atom. The van der Waals surface area contributed by atoms with Crippen molar-refractivity contribution in [1.29, 1.82) is 0 Å². The van der Waals surface area contributed by atoms with Gasteiger partial charge < -0.3 is 10.2 Å². The van der Waals surface area contributed by atoms with E-state index < -0.39 is 0 Å². The van der Waals surface area contributed by atoms with E-state index >= 15 is 0 Å². The quantitative estimate of drug-likeness (QED) is 0.727. The summed E-state index contributed by atoms with van der Waals surface area (Å²) in [5.74, 6) is 1.10. The highest BCUT2D eigenvalue weighted by Gasteiger charge is 2.27. The van der Waals surface area contributed by atoms with Crippen molar-refractivity contribution in [2.24, 2.45) is 5.92 Å². The maximum absolute atomic E-state index is 12.8. The van der Waals surface area contributed by atoms with Gasteiger partial charge in [-0.3, -0.25) is 4.79 Å². The first-order valence-electron chi connectivity index (χ1n) is 9.07. The number of benzene rings is 1. The first-order valence-corrected chi connectivity index (χ1v) is 9.95. The number of thiophene rings is 1. The lowest BCUT2D eigenvalue weighted by molar-refractivity contribution is -0.120. The van der Waals surface area contributed by atoms with E-state index in [1.54, 1.807) is 11.3 Å². The van der Waals surface area contributed by atoms with Crippen LogP contribution in [-0.4, -0.2) is 24.0 Å². The second kappa shape index (κ2) is 7.08. The normalized spacial score (nSPS) is 17.5. The van der Waals surface area contributed by atoms with E-state index in [1.807, 2.05) is 18.3 Å². The summed E-state index contributed by atoms with van der Waals surface area (Å²) in [5.41, 5.74) is 3.32. The highest BCUT2D eigenvalue weighted by Crippen LogP contribution is 2.31. The summed E-state index contributed by atoms with van der Waals surface area (Å²) in [4.78, 5) is 19.7. The van der Waals surface area contributed by atoms with Gasteiger partial charge >= 0.3 is 0 Å². The average molecular weight is 366 g/mol. The third-order valence-corrected chi connectivity index (χ3v) is 6.11. The van der Waals surface area contributed by atoms with Crippen LogP contribution >= 0.6 is 11.3 Å². The molecule has 1 atom stereocenters. The molecule has 4 nitrogen and oxygen atoms in total. The Morgan fingerprint density at radius 2 is 2.12 bits per heavy atom. The van der Waals surface area contributed by atoms with Crippen molar-refractivity contribution in [2.75, 3.05) is 23.3 Å². The zero-order valence-corrected chi connectivity index (χ0v) is 16.0. The van der Waals surface area contributed by atoms with Gasteiger partial charge in [-0.1, -0.05) is 6.07 Å². The van der Waals surface area contributed by atoms with E-state index in [1.165, 1.54) is 21.2 Å². The summed E-state index contributed by atoms with van der Waals surface area (Å²) >= 11 is 1.73. The third kappa shape index (κ3) is 3.31. The summed E-state index contributed by atoms with van der Waals surface area (Å²) < 4.78 is 1.25. The Kier molecular flexibility index (Phi) is 4.64. The van der Waals surface area contributed by atoms with Crippen LogP contribution in [-0.2, 0) is 4.79 Å². The molecule has 0 bridgehead atoms. The van der Waals surface area contributed by atoms with Crippen LogP contribution in [0, 0.1) is 19.8 Å². The maximum Gasteiger partial charge on any atom is 0.229 e. The average Bonchev–Trinajstić information content (AvgIpc) is 3.13. The number of aryl methyl sites for hydroxylation is 2. The summed E-state index contributed by atoms with van der Waals surface area (Å²) in [7, 11) is 0. The number of piperidine rings is 1. The molecule has 1 aromatic carbocycles. The Hall–Kier alpha value is -2.40. The van der Waals surface area contributed by atoms with Crippen LogP contribution in [0.1, 0.15) is 24.0 Å². The minimum Gasteiger partial charge on any atom is -0.355 e. The predicted octanol–water partition coefficient (Wildman–Crippen LogP) is 4.77. The van der Waals surface area contributed by atoms with Gasteiger partial charge in [0.1, 0.15) is 5.82 Å². The molecule has 1 aliphatic heterocycles. The molecule has 0 unspecified atom stereocenters. The lowest BCUT2D eigenvalue weighted by atomic mass is 9.96. The molecule has 134 valence electrons. The second-order valence-corrected chi connectivity index (χ2v) is 7.99. The Labute approximate surface area is 157 Å². The lowest BCUT2D eigenvalue weighted by Crippen LogP contribution is -2.41. The van der Waals surface area contributed by atoms with Crippen molar-refractivity contribution in [2.45, 2.75) is 26.7 Å². The number of carbonyl (C=O) groups excluding carboxylic acids is 1. The zero-order valence-electron chi connectivity index (χ0n) is 15.2. The number of pyridine rings is 1. The standard InChI is InChI=1S/C21H23N3OS/c1-14-5-6-17(12-15(14)2)23-21(25)16-4-3-10-24(13-16)20-18-8-11-26-19(18)7-9-22-20/h5-9,11-12,16H,3-4,10,13H2,1-2H3,(H,23,25)/t16-/m0/s1. The fraction of sp³-hybridized carbons (Fsp3) is 0.333. The van der Waals surface area contributed by atoms with Gasteiger partial charge in [-0.05, 0) is 67.5 Å². The second-order valence-electron chi connectivity index (χ2n) is 7.04. The van der Waals surface area contributed by atoms with E-state index in [9.17, 15) is 4.79 Å². The maximum atomic E-state index is 12.8. The van der Waals surface area contributed by atoms with Crippen molar-refractivity contribution in [3.8, 4) is 0 Å². The van der Waals surface area contributed by atoms with Crippen molar-refractivity contribution >= 4 is 38.8 Å². The van der Waals surface area contributed by atoms with Gasteiger partial charge in [0.05, 0.1) is 5.92 Å². The summed E-state index contributed by atoms with van der Waals surface area (Å²) in [6, 6.07) is 10.3. The molecule has 1 N–H and O–H groups in total. The molecule has 5 heteroatoms. The third-order valence-electron chi connectivity index (χ3n) is 5.22. The Morgan fingerprint density at radius 1 is 1.23 bits per heavy atom. The molecule has 4 rings (SSSR count). The van der Waals surface area contributed by atoms with Gasteiger partial charge in [0.2, 0.25) is 5.91 Å². The van der Waals surface area contributed by atoms with E-state index in [0.717, 1.165) is 37.4 Å². The molecule has 0 radical (unpaired) electrons. The number of amides is 1. The fourth-order valence-electron chi connectivity index (χ4n) is 3.58. The fourth-order valence-corrected chi connectivity index (χ4v) is 4.36. The first-order chi connectivity index (χ1) is 12.6.